The number of amides is 2. The van der Waals surface area contributed by atoms with Crippen LogP contribution in [0, 0.1) is 79.8 Å². The number of ether oxygens (including phenoxy) is 1. The highest BCUT2D eigenvalue weighted by Crippen LogP contribution is 2.77. The van der Waals surface area contributed by atoms with E-state index in [1.807, 2.05) is 25.7 Å². The van der Waals surface area contributed by atoms with Crippen molar-refractivity contribution < 1.29 is 33.9 Å². The van der Waals surface area contributed by atoms with Crippen molar-refractivity contribution in [3.8, 4) is 0 Å². The third kappa shape index (κ3) is 6.06. The van der Waals surface area contributed by atoms with Gasteiger partial charge in [0.2, 0.25) is 11.8 Å². The summed E-state index contributed by atoms with van der Waals surface area (Å²) < 4.78 is 6.43. The van der Waals surface area contributed by atoms with Crippen LogP contribution in [0.5, 0.6) is 0 Å². The minimum Gasteiger partial charge on any atom is -0.481 e. The number of carboxylic acid groups (broad SMARTS) is 1. The Morgan fingerprint density at radius 1 is 0.793 bits per heavy atom. The number of esters is 1. The zero-order chi connectivity index (χ0) is 41.8. The average Bonchev–Trinajstić information content (AvgIpc) is 3.61. The summed E-state index contributed by atoms with van der Waals surface area (Å²) in [5.41, 5.74) is 0.453. The molecule has 7 saturated carbocycles. The molecule has 10 nitrogen and oxygen atoms in total. The van der Waals surface area contributed by atoms with E-state index in [4.69, 9.17) is 9.57 Å². The van der Waals surface area contributed by atoms with Crippen molar-refractivity contribution in [2.24, 2.45) is 85.0 Å². The van der Waals surface area contributed by atoms with E-state index in [0.717, 1.165) is 76.3 Å². The van der Waals surface area contributed by atoms with Gasteiger partial charge < -0.3 is 24.9 Å². The van der Waals surface area contributed by atoms with Crippen molar-refractivity contribution in [2.75, 3.05) is 19.7 Å². The van der Waals surface area contributed by atoms with Gasteiger partial charge in [-0.05, 0) is 135 Å². The number of nitrogens with zero attached hydrogens (tertiary/aromatic N) is 2. The molecular weight excluding hydrogens is 731 g/mol. The number of hydrogen-bond donors (Lipinski definition) is 2. The molecule has 14 atom stereocenters. The minimum absolute atomic E-state index is 0.0255. The second-order valence-electron chi connectivity index (χ2n) is 22.8. The summed E-state index contributed by atoms with van der Waals surface area (Å²) in [7, 11) is 0. The van der Waals surface area contributed by atoms with Crippen molar-refractivity contribution >= 4 is 29.5 Å². The maximum atomic E-state index is 14.7. The number of nitrogens with one attached hydrogen (secondary N) is 1. The van der Waals surface area contributed by atoms with Crippen LogP contribution in [-0.4, -0.2) is 71.3 Å². The lowest BCUT2D eigenvalue weighted by molar-refractivity contribution is -0.249. The van der Waals surface area contributed by atoms with E-state index in [9.17, 15) is 24.3 Å². The first kappa shape index (κ1) is 42.1. The monoisotopic (exact) mass is 806 g/mol. The lowest BCUT2D eigenvalue weighted by Gasteiger charge is -2.72. The summed E-state index contributed by atoms with van der Waals surface area (Å²) in [6.07, 6.45) is 14.4. The molecule has 10 heteroatoms. The molecule has 2 N–H and O–H groups in total. The van der Waals surface area contributed by atoms with Crippen molar-refractivity contribution in [3.05, 3.63) is 0 Å². The first-order chi connectivity index (χ1) is 27.3. The Morgan fingerprint density at radius 3 is 2.17 bits per heavy atom. The average molecular weight is 806 g/mol. The number of oxime groups is 1. The first-order valence-electron chi connectivity index (χ1n) is 23.5. The van der Waals surface area contributed by atoms with Crippen LogP contribution in [0.4, 0.5) is 0 Å². The van der Waals surface area contributed by atoms with E-state index in [-0.39, 0.29) is 74.8 Å². The number of aliphatic carboxylic acids is 1. The molecule has 2 amide bonds. The summed E-state index contributed by atoms with van der Waals surface area (Å²) in [5.74, 6) is 0.697. The van der Waals surface area contributed by atoms with Crippen LogP contribution in [0.1, 0.15) is 159 Å². The second kappa shape index (κ2) is 14.5. The zero-order valence-corrected chi connectivity index (χ0v) is 37.3. The van der Waals surface area contributed by atoms with Gasteiger partial charge >= 0.3 is 11.9 Å². The zero-order valence-electron chi connectivity index (χ0n) is 37.3. The van der Waals surface area contributed by atoms with E-state index in [2.05, 4.69) is 52.0 Å². The Morgan fingerprint density at radius 2 is 1.52 bits per heavy atom. The number of rotatable bonds is 8. The predicted octanol–water partition coefficient (Wildman–Crippen LogP) is 8.66. The molecule has 58 heavy (non-hydrogen) atoms. The molecule has 0 radical (unpaired) electrons. The lowest BCUT2D eigenvalue weighted by Crippen LogP contribution is -2.67. The highest BCUT2D eigenvalue weighted by molar-refractivity contribution is 5.89. The number of carboxylic acids is 1. The molecule has 1 heterocycles. The van der Waals surface area contributed by atoms with Crippen molar-refractivity contribution in [1.82, 2.24) is 10.2 Å². The number of hydrogen-bond acceptors (Lipinski definition) is 7. The van der Waals surface area contributed by atoms with Gasteiger partial charge in [0.25, 0.3) is 0 Å². The van der Waals surface area contributed by atoms with Gasteiger partial charge in [0.1, 0.15) is 12.7 Å². The molecule has 324 valence electrons. The van der Waals surface area contributed by atoms with Crippen LogP contribution >= 0.6 is 0 Å². The van der Waals surface area contributed by atoms with Crippen LogP contribution in [0.2, 0.25) is 0 Å². The summed E-state index contributed by atoms with van der Waals surface area (Å²) in [5, 5.41) is 17.5. The second-order valence-corrected chi connectivity index (χ2v) is 22.8. The van der Waals surface area contributed by atoms with E-state index in [0.29, 0.717) is 49.8 Å². The molecule has 8 rings (SSSR count). The molecule has 8 aliphatic rings. The van der Waals surface area contributed by atoms with Crippen LogP contribution in [0.3, 0.4) is 0 Å². The van der Waals surface area contributed by atoms with E-state index >= 15 is 0 Å². The third-order valence-corrected chi connectivity index (χ3v) is 20.2. The van der Waals surface area contributed by atoms with Gasteiger partial charge in [-0.25, -0.2) is 0 Å². The standard InChI is InChI=1S/C48H75N3O7/c1-10-57-50-29-17-24-51(25-18-29)39(52)30-26-35(28(30)2)49-42(56)48-19-11-12-32(48)31-13-14-37-45(7)20-16-38(58-41(55)34-27-33(40(53)54)43(34,3)4)44(5,6)36(45)15-21-47(37,9)46(31,8)22-23-48/h28,30-38H,10-27H2,1-9H3,(H,49,56)(H,53,54). The molecule has 1 saturated heterocycles. The molecule has 1 aliphatic heterocycles. The highest BCUT2D eigenvalue weighted by atomic mass is 16.6. The van der Waals surface area contributed by atoms with Gasteiger partial charge in [0, 0.05) is 43.3 Å². The Hall–Kier alpha value is -2.65. The predicted molar refractivity (Wildman–Crippen MR) is 222 cm³/mol. The van der Waals surface area contributed by atoms with Crippen LogP contribution < -0.4 is 5.32 Å². The van der Waals surface area contributed by atoms with Gasteiger partial charge in [0.05, 0.1) is 23.0 Å². The third-order valence-electron chi connectivity index (χ3n) is 20.2. The van der Waals surface area contributed by atoms with Gasteiger partial charge in [-0.3, -0.25) is 19.2 Å². The fraction of sp³-hybridized carbons (Fsp3) is 0.896. The molecule has 14 unspecified atom stereocenters. The van der Waals surface area contributed by atoms with E-state index in [1.165, 1.54) is 19.3 Å². The van der Waals surface area contributed by atoms with Crippen molar-refractivity contribution in [2.45, 2.75) is 171 Å². The SMILES string of the molecule is CCON=C1CCN(C(=O)C2CC(NC(=O)C34CCCC3C3CCC5C6(C)CCC(OC(=O)C7CC(C(=O)O)C7(C)C)C(C)(C)C6CCC5(C)C3(C)CC4)C2C)CC1. The highest BCUT2D eigenvalue weighted by Gasteiger charge is 2.71. The first-order valence-corrected chi connectivity index (χ1v) is 23.5. The Labute approximate surface area is 348 Å². The quantitative estimate of drug-likeness (QED) is 0.185. The van der Waals surface area contributed by atoms with Gasteiger partial charge in [-0.2, -0.15) is 0 Å². The Bertz CT molecular complexity index is 1700. The summed E-state index contributed by atoms with van der Waals surface area (Å²) in [6.45, 7) is 22.3. The largest absolute Gasteiger partial charge is 0.481 e. The Kier molecular flexibility index (Phi) is 10.5. The van der Waals surface area contributed by atoms with E-state index in [1.54, 1.807) is 0 Å². The number of carbonyl (C=O) groups is 4. The van der Waals surface area contributed by atoms with Crippen molar-refractivity contribution in [1.29, 1.82) is 0 Å². The molecule has 0 aromatic carbocycles. The van der Waals surface area contributed by atoms with Gasteiger partial charge in [0.15, 0.2) is 0 Å². The van der Waals surface area contributed by atoms with E-state index < -0.39 is 17.3 Å². The van der Waals surface area contributed by atoms with Crippen LogP contribution in [0.25, 0.3) is 0 Å². The van der Waals surface area contributed by atoms with Crippen molar-refractivity contribution in [3.63, 3.8) is 0 Å². The molecular formula is C48H75N3O7. The maximum Gasteiger partial charge on any atom is 0.309 e. The summed E-state index contributed by atoms with van der Waals surface area (Å²) in [4.78, 5) is 60.9. The molecule has 0 aromatic heterocycles. The fourth-order valence-corrected chi connectivity index (χ4v) is 16.2. The Balaban J connectivity index is 0.916. The normalized spacial score (nSPS) is 46.1. The number of piperidine rings is 1. The summed E-state index contributed by atoms with van der Waals surface area (Å²) >= 11 is 0. The molecule has 8 fully saturated rings. The minimum atomic E-state index is -0.819. The molecule has 0 spiro atoms. The number of likely N-dealkylation sites (tertiary alicyclic amines) is 1. The van der Waals surface area contributed by atoms with Crippen LogP contribution in [0.15, 0.2) is 5.16 Å². The van der Waals surface area contributed by atoms with Crippen LogP contribution in [-0.2, 0) is 28.8 Å². The molecule has 7 aliphatic carbocycles. The number of carbonyl (C=O) groups excluding carboxylic acids is 3. The molecule has 0 aromatic rings. The van der Waals surface area contributed by atoms with Gasteiger partial charge in [-0.15, -0.1) is 0 Å². The lowest BCUT2D eigenvalue weighted by atomic mass is 9.32. The van der Waals surface area contributed by atoms with Gasteiger partial charge in [-0.1, -0.05) is 67.0 Å². The summed E-state index contributed by atoms with van der Waals surface area (Å²) in [6, 6.07) is 0.0633. The topological polar surface area (TPSA) is 135 Å². The number of fused-ring (bicyclic) bond motifs is 7. The smallest absolute Gasteiger partial charge is 0.309 e. The maximum absolute atomic E-state index is 14.7. The fourth-order valence-electron chi connectivity index (χ4n) is 16.2. The molecule has 0 bridgehead atoms.